The Morgan fingerprint density at radius 1 is 1.22 bits per heavy atom. The molecule has 0 heterocycles. The first-order valence-corrected chi connectivity index (χ1v) is 6.60. The molecule has 3 amide bonds. The Kier molecular flexibility index (Phi) is 5.39. The van der Waals surface area contributed by atoms with Crippen molar-refractivity contribution in [2.75, 3.05) is 5.32 Å². The van der Waals surface area contributed by atoms with Crippen molar-refractivity contribution in [3.63, 3.8) is 0 Å². The number of benzene rings is 1. The minimum Gasteiger partial charge on any atom is -0.352 e. The zero-order valence-corrected chi connectivity index (χ0v) is 12.4. The monoisotopic (exact) mass is 361 g/mol. The highest BCUT2D eigenvalue weighted by Gasteiger charge is 2.23. The normalized spacial score (nSPS) is 12.0. The molecule has 1 aromatic carbocycles. The van der Waals surface area contributed by atoms with Gasteiger partial charge in [-0.3, -0.25) is 4.79 Å². The summed E-state index contributed by atoms with van der Waals surface area (Å²) >= 11 is 2.18. The lowest BCUT2D eigenvalue weighted by Gasteiger charge is -2.20. The molecule has 0 saturated carbocycles. The zero-order valence-electron chi connectivity index (χ0n) is 10.2. The summed E-state index contributed by atoms with van der Waals surface area (Å²) in [5, 5.41) is 5.18. The summed E-state index contributed by atoms with van der Waals surface area (Å²) in [7, 11) is 0. The molecule has 0 spiro atoms. The van der Waals surface area contributed by atoms with Crippen LogP contribution in [-0.2, 0) is 4.79 Å². The Hall–Kier alpha value is -1.31. The van der Waals surface area contributed by atoms with Crippen LogP contribution in [0.4, 0.5) is 10.5 Å². The van der Waals surface area contributed by atoms with Gasteiger partial charge in [0.2, 0.25) is 5.91 Å². The second-order valence-corrected chi connectivity index (χ2v) is 5.47. The smallest absolute Gasteiger partial charge is 0.312 e. The van der Waals surface area contributed by atoms with E-state index in [4.69, 9.17) is 5.73 Å². The molecule has 1 unspecified atom stereocenters. The number of carbonyl (C=O) groups excluding carboxylic acids is 2. The summed E-state index contributed by atoms with van der Waals surface area (Å²) in [6.07, 6.45) is 0. The molecule has 98 valence electrons. The number of amides is 3. The zero-order chi connectivity index (χ0) is 13.7. The van der Waals surface area contributed by atoms with Gasteiger partial charge in [0.05, 0.1) is 0 Å². The largest absolute Gasteiger partial charge is 0.352 e. The van der Waals surface area contributed by atoms with Gasteiger partial charge in [-0.1, -0.05) is 13.8 Å². The summed E-state index contributed by atoms with van der Waals surface area (Å²) in [4.78, 5) is 22.8. The van der Waals surface area contributed by atoms with Crippen molar-refractivity contribution in [3.8, 4) is 0 Å². The van der Waals surface area contributed by atoms with Crippen LogP contribution in [0.2, 0.25) is 0 Å². The van der Waals surface area contributed by atoms with E-state index in [1.54, 1.807) is 12.1 Å². The second-order valence-electron chi connectivity index (χ2n) is 4.23. The van der Waals surface area contributed by atoms with Crippen molar-refractivity contribution in [2.45, 2.75) is 19.9 Å². The highest BCUT2D eigenvalue weighted by atomic mass is 127. The minimum absolute atomic E-state index is 0.0404. The molecule has 0 fully saturated rings. The molecule has 0 saturated heterocycles. The number of anilines is 1. The van der Waals surface area contributed by atoms with Gasteiger partial charge < -0.3 is 16.4 Å². The average Bonchev–Trinajstić information content (AvgIpc) is 2.28. The maximum Gasteiger partial charge on any atom is 0.312 e. The van der Waals surface area contributed by atoms with E-state index in [0.717, 1.165) is 3.57 Å². The van der Waals surface area contributed by atoms with Crippen molar-refractivity contribution in [3.05, 3.63) is 27.8 Å². The number of nitrogens with one attached hydrogen (secondary N) is 2. The third-order valence-electron chi connectivity index (χ3n) is 2.36. The summed E-state index contributed by atoms with van der Waals surface area (Å²) in [5.41, 5.74) is 5.74. The van der Waals surface area contributed by atoms with E-state index in [1.807, 2.05) is 26.0 Å². The van der Waals surface area contributed by atoms with Gasteiger partial charge in [-0.15, -0.1) is 0 Å². The molecule has 4 N–H and O–H groups in total. The predicted molar refractivity (Wildman–Crippen MR) is 79.1 cm³/mol. The van der Waals surface area contributed by atoms with E-state index in [1.165, 1.54) is 0 Å². The molecule has 0 aliphatic rings. The third kappa shape index (κ3) is 4.52. The number of urea groups is 1. The molecule has 0 bridgehead atoms. The number of carbonyl (C=O) groups is 2. The molecule has 0 aromatic heterocycles. The molecule has 1 aromatic rings. The third-order valence-corrected chi connectivity index (χ3v) is 3.08. The Labute approximate surface area is 120 Å². The van der Waals surface area contributed by atoms with Gasteiger partial charge in [0, 0.05) is 9.26 Å². The van der Waals surface area contributed by atoms with E-state index in [0.29, 0.717) is 5.69 Å². The van der Waals surface area contributed by atoms with Crippen LogP contribution in [0.25, 0.3) is 0 Å². The first-order chi connectivity index (χ1) is 8.40. The first kappa shape index (κ1) is 14.7. The van der Waals surface area contributed by atoms with Gasteiger partial charge >= 0.3 is 6.03 Å². The van der Waals surface area contributed by atoms with Crippen molar-refractivity contribution in [1.29, 1.82) is 0 Å². The summed E-state index contributed by atoms with van der Waals surface area (Å²) in [6, 6.07) is 6.06. The Morgan fingerprint density at radius 3 is 2.22 bits per heavy atom. The summed E-state index contributed by atoms with van der Waals surface area (Å²) in [6.45, 7) is 3.68. The molecule has 1 rings (SSSR count). The second kappa shape index (κ2) is 6.58. The van der Waals surface area contributed by atoms with E-state index < -0.39 is 12.1 Å². The summed E-state index contributed by atoms with van der Waals surface area (Å²) < 4.78 is 1.08. The number of hydrogen-bond donors (Lipinski definition) is 3. The number of primary amides is 1. The molecule has 0 aliphatic heterocycles. The van der Waals surface area contributed by atoms with Crippen LogP contribution in [0, 0.1) is 9.49 Å². The number of hydrogen-bond acceptors (Lipinski definition) is 2. The lowest BCUT2D eigenvalue weighted by atomic mass is 10.0. The van der Waals surface area contributed by atoms with E-state index in [-0.39, 0.29) is 11.8 Å². The minimum atomic E-state index is -0.702. The predicted octanol–water partition coefficient (Wildman–Crippen LogP) is 1.92. The van der Waals surface area contributed by atoms with Crippen molar-refractivity contribution in [2.24, 2.45) is 11.7 Å². The van der Waals surface area contributed by atoms with Crippen LogP contribution in [0.5, 0.6) is 0 Å². The topological polar surface area (TPSA) is 84.2 Å². The fourth-order valence-electron chi connectivity index (χ4n) is 1.44. The molecule has 5 nitrogen and oxygen atoms in total. The Morgan fingerprint density at radius 2 is 1.78 bits per heavy atom. The molecular weight excluding hydrogens is 345 g/mol. The van der Waals surface area contributed by atoms with Crippen molar-refractivity contribution < 1.29 is 9.59 Å². The van der Waals surface area contributed by atoms with E-state index in [9.17, 15) is 9.59 Å². The molecular formula is C12H16IN3O2. The molecule has 0 radical (unpaired) electrons. The maximum absolute atomic E-state index is 12.0. The van der Waals surface area contributed by atoms with Gasteiger partial charge in [-0.25, -0.2) is 4.79 Å². The van der Waals surface area contributed by atoms with E-state index >= 15 is 0 Å². The fraction of sp³-hybridized carbons (Fsp3) is 0.333. The van der Waals surface area contributed by atoms with Gasteiger partial charge in [-0.05, 0) is 52.8 Å². The average molecular weight is 361 g/mol. The number of halogens is 1. The van der Waals surface area contributed by atoms with Gasteiger partial charge in [0.1, 0.15) is 6.04 Å². The van der Waals surface area contributed by atoms with Crippen LogP contribution in [0.1, 0.15) is 13.8 Å². The fourth-order valence-corrected chi connectivity index (χ4v) is 1.80. The number of rotatable bonds is 4. The van der Waals surface area contributed by atoms with Crippen molar-refractivity contribution >= 4 is 40.2 Å². The standard InChI is InChI=1S/C12H16IN3O2/c1-7(2)10(16-12(14)18)11(17)15-9-5-3-8(13)4-6-9/h3-7,10H,1-2H3,(H,15,17)(H3,14,16,18). The highest BCUT2D eigenvalue weighted by Crippen LogP contribution is 2.12. The molecule has 1 atom stereocenters. The van der Waals surface area contributed by atoms with E-state index in [2.05, 4.69) is 33.2 Å². The molecule has 6 heteroatoms. The lowest BCUT2D eigenvalue weighted by Crippen LogP contribution is -2.49. The highest BCUT2D eigenvalue weighted by molar-refractivity contribution is 14.1. The van der Waals surface area contributed by atoms with Gasteiger partial charge in [0.25, 0.3) is 0 Å². The molecule has 0 aliphatic carbocycles. The van der Waals surface area contributed by atoms with Crippen LogP contribution in [0.15, 0.2) is 24.3 Å². The summed E-state index contributed by atoms with van der Waals surface area (Å²) in [5.74, 6) is -0.314. The first-order valence-electron chi connectivity index (χ1n) is 5.52. The SMILES string of the molecule is CC(C)C(NC(N)=O)C(=O)Nc1ccc(I)cc1. The lowest BCUT2D eigenvalue weighted by molar-refractivity contribution is -0.118. The Balaban J connectivity index is 2.72. The van der Waals surface area contributed by atoms with Crippen LogP contribution in [0.3, 0.4) is 0 Å². The van der Waals surface area contributed by atoms with Crippen LogP contribution < -0.4 is 16.4 Å². The molecule has 18 heavy (non-hydrogen) atoms. The van der Waals surface area contributed by atoms with Gasteiger partial charge in [0.15, 0.2) is 0 Å². The van der Waals surface area contributed by atoms with Crippen molar-refractivity contribution in [1.82, 2.24) is 5.32 Å². The number of nitrogens with two attached hydrogens (primary N) is 1. The van der Waals surface area contributed by atoms with Gasteiger partial charge in [-0.2, -0.15) is 0 Å². The van der Waals surface area contributed by atoms with Crippen LogP contribution >= 0.6 is 22.6 Å². The maximum atomic E-state index is 12.0. The quantitative estimate of drug-likeness (QED) is 0.716. The Bertz CT molecular complexity index is 431. The van der Waals surface area contributed by atoms with Crippen LogP contribution in [-0.4, -0.2) is 18.0 Å².